The van der Waals surface area contributed by atoms with Crippen molar-refractivity contribution < 1.29 is 4.74 Å². The van der Waals surface area contributed by atoms with E-state index in [1.807, 2.05) is 23.9 Å². The predicted molar refractivity (Wildman–Crippen MR) is 78.5 cm³/mol. The molecule has 0 saturated carbocycles. The second-order valence-electron chi connectivity index (χ2n) is 4.06. The Morgan fingerprint density at radius 3 is 2.53 bits per heavy atom. The molecule has 0 aliphatic heterocycles. The molecule has 0 fully saturated rings. The summed E-state index contributed by atoms with van der Waals surface area (Å²) in [6.45, 7) is 2.20. The monoisotopic (exact) mass is 272 g/mol. The summed E-state index contributed by atoms with van der Waals surface area (Å²) >= 11 is 8.01. The molecule has 1 unspecified atom stereocenters. The van der Waals surface area contributed by atoms with Gasteiger partial charge in [-0.1, -0.05) is 19.1 Å². The van der Waals surface area contributed by atoms with Crippen molar-refractivity contribution in [2.75, 3.05) is 24.5 Å². The van der Waals surface area contributed by atoms with Gasteiger partial charge in [-0.05, 0) is 48.0 Å². The van der Waals surface area contributed by atoms with Crippen LogP contribution in [0.2, 0.25) is 0 Å². The quantitative estimate of drug-likeness (QED) is 0.517. The van der Waals surface area contributed by atoms with E-state index in [1.54, 1.807) is 7.11 Å². The molecular formula is C14H21ClOS. The van der Waals surface area contributed by atoms with Gasteiger partial charge in [-0.25, -0.2) is 0 Å². The van der Waals surface area contributed by atoms with Gasteiger partial charge in [0.1, 0.15) is 5.75 Å². The molecule has 1 atom stereocenters. The highest BCUT2D eigenvalue weighted by atomic mass is 35.5. The van der Waals surface area contributed by atoms with E-state index >= 15 is 0 Å². The Bertz CT molecular complexity index is 300. The van der Waals surface area contributed by atoms with Gasteiger partial charge in [0.05, 0.1) is 7.11 Å². The molecule has 1 rings (SSSR count). The minimum Gasteiger partial charge on any atom is -0.497 e. The van der Waals surface area contributed by atoms with E-state index in [0.29, 0.717) is 5.92 Å². The molecule has 0 aliphatic rings. The van der Waals surface area contributed by atoms with E-state index in [-0.39, 0.29) is 0 Å². The number of hydrogen-bond donors (Lipinski definition) is 0. The van der Waals surface area contributed by atoms with Crippen molar-refractivity contribution in [2.45, 2.75) is 19.8 Å². The van der Waals surface area contributed by atoms with Crippen molar-refractivity contribution in [3.05, 3.63) is 29.8 Å². The molecular weight excluding hydrogens is 252 g/mol. The van der Waals surface area contributed by atoms with Crippen LogP contribution < -0.4 is 4.74 Å². The van der Waals surface area contributed by atoms with Crippen LogP contribution >= 0.6 is 23.4 Å². The number of alkyl halides is 1. The molecule has 1 nitrogen and oxygen atoms in total. The van der Waals surface area contributed by atoms with Gasteiger partial charge in [0.2, 0.25) is 0 Å². The number of hydrogen-bond acceptors (Lipinski definition) is 2. The number of rotatable bonds is 8. The van der Waals surface area contributed by atoms with Gasteiger partial charge in [-0.15, -0.1) is 11.6 Å². The van der Waals surface area contributed by atoms with Crippen LogP contribution in [0.4, 0.5) is 0 Å². The first-order valence-corrected chi connectivity index (χ1v) is 7.75. The highest BCUT2D eigenvalue weighted by molar-refractivity contribution is 7.99. The average molecular weight is 273 g/mol. The highest BCUT2D eigenvalue weighted by Crippen LogP contribution is 2.19. The van der Waals surface area contributed by atoms with Crippen LogP contribution in [-0.4, -0.2) is 24.5 Å². The lowest BCUT2D eigenvalue weighted by Gasteiger charge is -2.13. The Labute approximate surface area is 114 Å². The number of methoxy groups -OCH3 is 1. The second kappa shape index (κ2) is 8.71. The van der Waals surface area contributed by atoms with E-state index in [1.165, 1.54) is 23.5 Å². The first-order chi connectivity index (χ1) is 8.30. The van der Waals surface area contributed by atoms with Crippen molar-refractivity contribution in [3.8, 4) is 5.75 Å². The molecule has 96 valence electrons. The topological polar surface area (TPSA) is 9.23 Å². The van der Waals surface area contributed by atoms with Crippen molar-refractivity contribution >= 4 is 23.4 Å². The van der Waals surface area contributed by atoms with E-state index in [4.69, 9.17) is 16.3 Å². The highest BCUT2D eigenvalue weighted by Gasteiger charge is 2.08. The average Bonchev–Trinajstić information content (AvgIpc) is 2.38. The first-order valence-electron chi connectivity index (χ1n) is 6.06. The Kier molecular flexibility index (Phi) is 7.54. The lowest BCUT2D eigenvalue weighted by molar-refractivity contribution is 0.414. The SMILES string of the molecule is CCSCCC(CCl)Cc1ccc(OC)cc1. The molecule has 1 aromatic rings. The van der Waals surface area contributed by atoms with Gasteiger partial charge >= 0.3 is 0 Å². The summed E-state index contributed by atoms with van der Waals surface area (Å²) in [5, 5.41) is 0. The molecule has 0 radical (unpaired) electrons. The fourth-order valence-corrected chi connectivity index (χ4v) is 2.78. The summed E-state index contributed by atoms with van der Waals surface area (Å²) < 4.78 is 5.15. The zero-order valence-electron chi connectivity index (χ0n) is 10.6. The maximum absolute atomic E-state index is 6.02. The van der Waals surface area contributed by atoms with Crippen LogP contribution in [0.5, 0.6) is 5.75 Å². The third-order valence-corrected chi connectivity index (χ3v) is 4.15. The maximum atomic E-state index is 6.02. The van der Waals surface area contributed by atoms with Gasteiger partial charge < -0.3 is 4.74 Å². The van der Waals surface area contributed by atoms with E-state index in [2.05, 4.69) is 19.1 Å². The molecule has 1 aromatic carbocycles. The van der Waals surface area contributed by atoms with Gasteiger partial charge in [-0.2, -0.15) is 11.8 Å². The van der Waals surface area contributed by atoms with Crippen LogP contribution in [0.1, 0.15) is 18.9 Å². The van der Waals surface area contributed by atoms with Crippen LogP contribution in [0.15, 0.2) is 24.3 Å². The molecule has 0 aliphatic carbocycles. The number of halogens is 1. The summed E-state index contributed by atoms with van der Waals surface area (Å²) in [5.41, 5.74) is 1.35. The van der Waals surface area contributed by atoms with E-state index in [0.717, 1.165) is 18.1 Å². The fraction of sp³-hybridized carbons (Fsp3) is 0.571. The summed E-state index contributed by atoms with van der Waals surface area (Å²) in [6, 6.07) is 8.29. The molecule has 17 heavy (non-hydrogen) atoms. The molecule has 0 heterocycles. The van der Waals surface area contributed by atoms with Crippen LogP contribution in [0.25, 0.3) is 0 Å². The Morgan fingerprint density at radius 1 is 1.29 bits per heavy atom. The van der Waals surface area contributed by atoms with Gasteiger partial charge in [0, 0.05) is 5.88 Å². The fourth-order valence-electron chi connectivity index (χ4n) is 1.72. The predicted octanol–water partition coefficient (Wildman–Crippen LogP) is 4.24. The smallest absolute Gasteiger partial charge is 0.118 e. The second-order valence-corrected chi connectivity index (χ2v) is 5.76. The van der Waals surface area contributed by atoms with E-state index < -0.39 is 0 Å². The van der Waals surface area contributed by atoms with Crippen LogP contribution in [-0.2, 0) is 6.42 Å². The lowest BCUT2D eigenvalue weighted by atomic mass is 9.99. The Balaban J connectivity index is 2.43. The van der Waals surface area contributed by atoms with Crippen molar-refractivity contribution in [3.63, 3.8) is 0 Å². The molecule has 0 amide bonds. The zero-order valence-corrected chi connectivity index (χ0v) is 12.2. The van der Waals surface area contributed by atoms with Crippen LogP contribution in [0.3, 0.4) is 0 Å². The van der Waals surface area contributed by atoms with Crippen LogP contribution in [0, 0.1) is 5.92 Å². The van der Waals surface area contributed by atoms with Gasteiger partial charge in [0.15, 0.2) is 0 Å². The van der Waals surface area contributed by atoms with E-state index in [9.17, 15) is 0 Å². The molecule has 0 bridgehead atoms. The Hall–Kier alpha value is -0.340. The molecule has 3 heteroatoms. The molecule has 0 spiro atoms. The normalized spacial score (nSPS) is 12.4. The minimum absolute atomic E-state index is 0.587. The minimum atomic E-state index is 0.587. The third-order valence-electron chi connectivity index (χ3n) is 2.78. The summed E-state index contributed by atoms with van der Waals surface area (Å²) in [6.07, 6.45) is 2.27. The summed E-state index contributed by atoms with van der Waals surface area (Å²) in [4.78, 5) is 0. The van der Waals surface area contributed by atoms with Crippen molar-refractivity contribution in [2.24, 2.45) is 5.92 Å². The van der Waals surface area contributed by atoms with Gasteiger partial charge in [-0.3, -0.25) is 0 Å². The first kappa shape index (κ1) is 14.7. The largest absolute Gasteiger partial charge is 0.497 e. The van der Waals surface area contributed by atoms with Gasteiger partial charge in [0.25, 0.3) is 0 Å². The third kappa shape index (κ3) is 5.69. The number of thioether (sulfide) groups is 1. The summed E-state index contributed by atoms with van der Waals surface area (Å²) in [5.74, 6) is 4.65. The molecule has 0 N–H and O–H groups in total. The van der Waals surface area contributed by atoms with Crippen molar-refractivity contribution in [1.82, 2.24) is 0 Å². The molecule has 0 saturated heterocycles. The summed E-state index contributed by atoms with van der Waals surface area (Å²) in [7, 11) is 1.69. The Morgan fingerprint density at radius 2 is 2.00 bits per heavy atom. The maximum Gasteiger partial charge on any atom is 0.118 e. The lowest BCUT2D eigenvalue weighted by Crippen LogP contribution is -2.08. The number of benzene rings is 1. The standard InChI is InChI=1S/C14H21ClOS/c1-3-17-9-8-13(11-15)10-12-4-6-14(16-2)7-5-12/h4-7,13H,3,8-11H2,1-2H3. The zero-order chi connectivity index (χ0) is 12.5. The van der Waals surface area contributed by atoms with Crippen molar-refractivity contribution in [1.29, 1.82) is 0 Å². The number of ether oxygens (including phenoxy) is 1. The molecule has 0 aromatic heterocycles.